The van der Waals surface area contributed by atoms with E-state index in [9.17, 15) is 14.3 Å². The standard InChI is InChI=1S/C18H17ClFNO2/c19-13-7-4-8-14(20)18(13)12-9-15(12)21-17(23)10-16(22)11-5-2-1-3-6-11/h1-8,12,15-16,22H,9-10H2,(H,21,23). The van der Waals surface area contributed by atoms with Crippen molar-refractivity contribution in [3.63, 3.8) is 0 Å². The molecule has 1 saturated carbocycles. The predicted molar refractivity (Wildman–Crippen MR) is 86.7 cm³/mol. The molecule has 0 spiro atoms. The molecule has 0 aromatic heterocycles. The highest BCUT2D eigenvalue weighted by Gasteiger charge is 2.42. The van der Waals surface area contributed by atoms with Crippen LogP contribution in [0.15, 0.2) is 48.5 Å². The van der Waals surface area contributed by atoms with Crippen LogP contribution in [0.25, 0.3) is 0 Å². The molecule has 1 aliphatic carbocycles. The summed E-state index contributed by atoms with van der Waals surface area (Å²) < 4.78 is 13.8. The van der Waals surface area contributed by atoms with E-state index in [1.807, 2.05) is 18.2 Å². The highest BCUT2D eigenvalue weighted by Crippen LogP contribution is 2.45. The van der Waals surface area contributed by atoms with E-state index in [0.717, 1.165) is 0 Å². The highest BCUT2D eigenvalue weighted by molar-refractivity contribution is 6.31. The van der Waals surface area contributed by atoms with Gasteiger partial charge in [0.1, 0.15) is 5.82 Å². The summed E-state index contributed by atoms with van der Waals surface area (Å²) in [7, 11) is 0. The number of carbonyl (C=O) groups is 1. The van der Waals surface area contributed by atoms with Crippen LogP contribution in [0.1, 0.15) is 36.0 Å². The lowest BCUT2D eigenvalue weighted by molar-refractivity contribution is -0.123. The third-order valence-electron chi connectivity index (χ3n) is 4.07. The van der Waals surface area contributed by atoms with E-state index in [2.05, 4.69) is 5.32 Å². The van der Waals surface area contributed by atoms with Gasteiger partial charge in [-0.05, 0) is 24.1 Å². The number of amides is 1. The van der Waals surface area contributed by atoms with Gasteiger partial charge < -0.3 is 10.4 Å². The van der Waals surface area contributed by atoms with Crippen molar-refractivity contribution in [3.8, 4) is 0 Å². The van der Waals surface area contributed by atoms with Crippen LogP contribution < -0.4 is 5.32 Å². The van der Waals surface area contributed by atoms with Gasteiger partial charge in [0, 0.05) is 22.5 Å². The quantitative estimate of drug-likeness (QED) is 0.878. The zero-order valence-corrected chi connectivity index (χ0v) is 13.1. The Labute approximate surface area is 139 Å². The minimum Gasteiger partial charge on any atom is -0.388 e. The molecule has 1 fully saturated rings. The molecule has 5 heteroatoms. The van der Waals surface area contributed by atoms with Crippen molar-refractivity contribution in [1.29, 1.82) is 0 Å². The molecule has 0 saturated heterocycles. The summed E-state index contributed by atoms with van der Waals surface area (Å²) >= 11 is 6.04. The van der Waals surface area contributed by atoms with Gasteiger partial charge in [0.05, 0.1) is 12.5 Å². The second kappa shape index (κ2) is 6.69. The molecule has 2 aromatic carbocycles. The summed E-state index contributed by atoms with van der Waals surface area (Å²) in [6.45, 7) is 0. The summed E-state index contributed by atoms with van der Waals surface area (Å²) in [5.74, 6) is -0.689. The molecular weight excluding hydrogens is 317 g/mol. The van der Waals surface area contributed by atoms with Crippen molar-refractivity contribution in [2.45, 2.75) is 30.9 Å². The van der Waals surface area contributed by atoms with Crippen LogP contribution in [-0.2, 0) is 4.79 Å². The SMILES string of the molecule is O=C(CC(O)c1ccccc1)NC1CC1c1c(F)cccc1Cl. The van der Waals surface area contributed by atoms with Crippen molar-refractivity contribution >= 4 is 17.5 Å². The molecule has 0 radical (unpaired) electrons. The Balaban J connectivity index is 1.56. The summed E-state index contributed by atoms with van der Waals surface area (Å²) in [5, 5.41) is 13.3. The van der Waals surface area contributed by atoms with Gasteiger partial charge in [-0.3, -0.25) is 4.79 Å². The zero-order chi connectivity index (χ0) is 16.4. The maximum Gasteiger partial charge on any atom is 0.223 e. The molecule has 3 nitrogen and oxygen atoms in total. The monoisotopic (exact) mass is 333 g/mol. The summed E-state index contributed by atoms with van der Waals surface area (Å²) in [4.78, 5) is 12.0. The lowest BCUT2D eigenvalue weighted by atomic mass is 10.1. The number of halogens is 2. The first-order valence-electron chi connectivity index (χ1n) is 7.52. The number of hydrogen-bond acceptors (Lipinski definition) is 2. The predicted octanol–water partition coefficient (Wildman–Crippen LogP) is 3.57. The number of carbonyl (C=O) groups excluding carboxylic acids is 1. The van der Waals surface area contributed by atoms with E-state index in [1.54, 1.807) is 24.3 Å². The minimum atomic E-state index is -0.842. The van der Waals surface area contributed by atoms with E-state index in [1.165, 1.54) is 6.07 Å². The van der Waals surface area contributed by atoms with Gasteiger partial charge in [-0.25, -0.2) is 4.39 Å². The summed E-state index contributed by atoms with van der Waals surface area (Å²) in [6, 6.07) is 13.5. The molecule has 2 N–H and O–H groups in total. The van der Waals surface area contributed by atoms with Gasteiger partial charge in [0.2, 0.25) is 5.91 Å². The second-order valence-corrected chi connectivity index (χ2v) is 6.19. The van der Waals surface area contributed by atoms with E-state index >= 15 is 0 Å². The number of rotatable bonds is 5. The minimum absolute atomic E-state index is 0.0156. The van der Waals surface area contributed by atoms with Crippen molar-refractivity contribution in [2.24, 2.45) is 0 Å². The van der Waals surface area contributed by atoms with Crippen LogP contribution in [0.3, 0.4) is 0 Å². The third kappa shape index (κ3) is 3.71. The topological polar surface area (TPSA) is 49.3 Å². The average molecular weight is 334 g/mol. The Morgan fingerprint density at radius 3 is 2.70 bits per heavy atom. The number of benzene rings is 2. The second-order valence-electron chi connectivity index (χ2n) is 5.78. The molecule has 0 aliphatic heterocycles. The molecule has 1 aliphatic rings. The van der Waals surface area contributed by atoms with Crippen molar-refractivity contribution in [1.82, 2.24) is 5.32 Å². The van der Waals surface area contributed by atoms with E-state index in [0.29, 0.717) is 22.6 Å². The van der Waals surface area contributed by atoms with Crippen LogP contribution in [-0.4, -0.2) is 17.1 Å². The number of aliphatic hydroxyl groups is 1. The molecule has 23 heavy (non-hydrogen) atoms. The van der Waals surface area contributed by atoms with Gasteiger partial charge in [0.25, 0.3) is 0 Å². The molecule has 3 unspecified atom stereocenters. The Bertz CT molecular complexity index is 687. The Morgan fingerprint density at radius 1 is 1.26 bits per heavy atom. The summed E-state index contributed by atoms with van der Waals surface area (Å²) in [6.07, 6.45) is -0.197. The lowest BCUT2D eigenvalue weighted by Gasteiger charge is -2.11. The molecule has 120 valence electrons. The van der Waals surface area contributed by atoms with Gasteiger partial charge in [-0.15, -0.1) is 0 Å². The van der Waals surface area contributed by atoms with Gasteiger partial charge in [-0.1, -0.05) is 48.0 Å². The Hall–Kier alpha value is -1.91. The zero-order valence-electron chi connectivity index (χ0n) is 12.4. The van der Waals surface area contributed by atoms with Crippen LogP contribution in [0.2, 0.25) is 5.02 Å². The fourth-order valence-electron chi connectivity index (χ4n) is 2.77. The molecule has 3 rings (SSSR count). The van der Waals surface area contributed by atoms with Crippen molar-refractivity contribution in [3.05, 3.63) is 70.5 Å². The van der Waals surface area contributed by atoms with E-state index < -0.39 is 6.10 Å². The molecule has 0 bridgehead atoms. The van der Waals surface area contributed by atoms with Gasteiger partial charge in [-0.2, -0.15) is 0 Å². The number of aliphatic hydroxyl groups excluding tert-OH is 1. The Kier molecular flexibility index (Phi) is 4.64. The highest BCUT2D eigenvalue weighted by atomic mass is 35.5. The first-order valence-corrected chi connectivity index (χ1v) is 7.90. The molecular formula is C18H17ClFNO2. The number of nitrogens with one attached hydrogen (secondary N) is 1. The lowest BCUT2D eigenvalue weighted by Crippen LogP contribution is -2.28. The fraction of sp³-hybridized carbons (Fsp3) is 0.278. The molecule has 2 aromatic rings. The largest absolute Gasteiger partial charge is 0.388 e. The van der Waals surface area contributed by atoms with E-state index in [4.69, 9.17) is 11.6 Å². The summed E-state index contributed by atoms with van der Waals surface area (Å²) in [5.41, 5.74) is 1.16. The van der Waals surface area contributed by atoms with Crippen LogP contribution in [0, 0.1) is 5.82 Å². The molecule has 3 atom stereocenters. The Morgan fingerprint density at radius 2 is 2.00 bits per heavy atom. The van der Waals surface area contributed by atoms with Crippen LogP contribution >= 0.6 is 11.6 Å². The smallest absolute Gasteiger partial charge is 0.223 e. The fourth-order valence-corrected chi connectivity index (χ4v) is 3.08. The van der Waals surface area contributed by atoms with Gasteiger partial charge >= 0.3 is 0 Å². The van der Waals surface area contributed by atoms with Crippen LogP contribution in [0.5, 0.6) is 0 Å². The van der Waals surface area contributed by atoms with E-state index in [-0.39, 0.29) is 30.1 Å². The maximum atomic E-state index is 13.8. The third-order valence-corrected chi connectivity index (χ3v) is 4.40. The normalized spacial score (nSPS) is 20.8. The molecule has 1 amide bonds. The number of hydrogen-bond donors (Lipinski definition) is 2. The average Bonchev–Trinajstić information content (AvgIpc) is 3.26. The maximum absolute atomic E-state index is 13.8. The van der Waals surface area contributed by atoms with Crippen molar-refractivity contribution < 1.29 is 14.3 Å². The van der Waals surface area contributed by atoms with Crippen LogP contribution in [0.4, 0.5) is 4.39 Å². The first kappa shape index (κ1) is 16.0. The first-order chi connectivity index (χ1) is 11.1. The van der Waals surface area contributed by atoms with Crippen molar-refractivity contribution in [2.75, 3.05) is 0 Å². The molecule has 0 heterocycles. The van der Waals surface area contributed by atoms with Gasteiger partial charge in [0.15, 0.2) is 0 Å².